The van der Waals surface area contributed by atoms with Gasteiger partial charge in [0.15, 0.2) is 0 Å². The van der Waals surface area contributed by atoms with E-state index in [9.17, 15) is 9.59 Å². The lowest BCUT2D eigenvalue weighted by atomic mass is 10.3. The van der Waals surface area contributed by atoms with E-state index in [1.165, 1.54) is 11.1 Å². The molecular formula is C14H15N5O3. The van der Waals surface area contributed by atoms with Gasteiger partial charge in [-0.2, -0.15) is 5.26 Å². The van der Waals surface area contributed by atoms with Gasteiger partial charge >= 0.3 is 12.1 Å². The average molecular weight is 301 g/mol. The number of aromatic nitrogens is 1. The standard InChI is InChI=1S/C14H15N5O3/c15-8-10-1-3-16-12(7-10)22-11-2-5-18(9-11)14(21)19-6-4-17-13(19)20/h1,3,7,11H,2,4-6,9H2,(H,17,20). The quantitative estimate of drug-likeness (QED) is 0.860. The second-order valence-electron chi connectivity index (χ2n) is 5.14. The van der Waals surface area contributed by atoms with Gasteiger partial charge in [0.1, 0.15) is 6.10 Å². The molecule has 0 radical (unpaired) electrons. The zero-order valence-corrected chi connectivity index (χ0v) is 11.9. The van der Waals surface area contributed by atoms with Crippen molar-refractivity contribution in [2.45, 2.75) is 12.5 Å². The lowest BCUT2D eigenvalue weighted by Crippen LogP contribution is -2.44. The first-order chi connectivity index (χ1) is 10.7. The van der Waals surface area contributed by atoms with Crippen LogP contribution in [-0.4, -0.2) is 59.1 Å². The molecule has 1 aromatic heterocycles. The second-order valence-corrected chi connectivity index (χ2v) is 5.14. The van der Waals surface area contributed by atoms with Crippen LogP contribution in [0.1, 0.15) is 12.0 Å². The molecule has 1 N–H and O–H groups in total. The maximum Gasteiger partial charge on any atom is 0.328 e. The van der Waals surface area contributed by atoms with E-state index < -0.39 is 0 Å². The number of hydrogen-bond acceptors (Lipinski definition) is 5. The first-order valence-electron chi connectivity index (χ1n) is 7.04. The molecule has 4 amide bonds. The topological polar surface area (TPSA) is 98.6 Å². The molecule has 2 aliphatic heterocycles. The van der Waals surface area contributed by atoms with Gasteiger partial charge in [0.2, 0.25) is 5.88 Å². The van der Waals surface area contributed by atoms with Crippen LogP contribution in [0.15, 0.2) is 18.3 Å². The Bertz CT molecular complexity index is 642. The van der Waals surface area contributed by atoms with E-state index in [1.54, 1.807) is 17.0 Å². The van der Waals surface area contributed by atoms with Crippen molar-refractivity contribution in [3.8, 4) is 11.9 Å². The molecule has 0 aromatic carbocycles. The summed E-state index contributed by atoms with van der Waals surface area (Å²) in [6.45, 7) is 1.82. The van der Waals surface area contributed by atoms with E-state index >= 15 is 0 Å². The van der Waals surface area contributed by atoms with Gasteiger partial charge in [-0.15, -0.1) is 0 Å². The Labute approximate surface area is 127 Å². The number of nitriles is 1. The van der Waals surface area contributed by atoms with Crippen molar-refractivity contribution in [1.82, 2.24) is 20.1 Å². The van der Waals surface area contributed by atoms with E-state index in [0.29, 0.717) is 44.0 Å². The number of imide groups is 1. The first-order valence-corrected chi connectivity index (χ1v) is 7.04. The van der Waals surface area contributed by atoms with Gasteiger partial charge in [-0.05, 0) is 6.07 Å². The largest absolute Gasteiger partial charge is 0.472 e. The van der Waals surface area contributed by atoms with Crippen molar-refractivity contribution >= 4 is 12.1 Å². The van der Waals surface area contributed by atoms with Gasteiger partial charge in [-0.1, -0.05) is 0 Å². The molecule has 2 saturated heterocycles. The molecule has 1 aromatic rings. The van der Waals surface area contributed by atoms with Crippen LogP contribution in [-0.2, 0) is 0 Å². The third kappa shape index (κ3) is 2.79. The Balaban J connectivity index is 1.59. The number of carbonyl (C=O) groups is 2. The number of likely N-dealkylation sites (tertiary alicyclic amines) is 1. The molecule has 8 heteroatoms. The summed E-state index contributed by atoms with van der Waals surface area (Å²) in [5, 5.41) is 11.5. The summed E-state index contributed by atoms with van der Waals surface area (Å²) in [4.78, 5) is 30.6. The number of nitrogens with zero attached hydrogens (tertiary/aromatic N) is 4. The lowest BCUT2D eigenvalue weighted by Gasteiger charge is -2.21. The zero-order chi connectivity index (χ0) is 15.5. The van der Waals surface area contributed by atoms with Crippen molar-refractivity contribution < 1.29 is 14.3 Å². The fraction of sp³-hybridized carbons (Fsp3) is 0.429. The van der Waals surface area contributed by atoms with Gasteiger partial charge in [0.05, 0.1) is 18.2 Å². The predicted octanol–water partition coefficient (Wildman–Crippen LogP) is 0.552. The number of urea groups is 2. The van der Waals surface area contributed by atoms with Gasteiger partial charge in [0, 0.05) is 38.3 Å². The van der Waals surface area contributed by atoms with Crippen LogP contribution in [0.2, 0.25) is 0 Å². The Morgan fingerprint density at radius 3 is 3.09 bits per heavy atom. The van der Waals surface area contributed by atoms with Crippen molar-refractivity contribution in [3.63, 3.8) is 0 Å². The molecule has 1 unspecified atom stereocenters. The van der Waals surface area contributed by atoms with Gasteiger partial charge < -0.3 is 15.0 Å². The van der Waals surface area contributed by atoms with E-state index in [1.807, 2.05) is 6.07 Å². The van der Waals surface area contributed by atoms with Crippen LogP contribution in [0.4, 0.5) is 9.59 Å². The van der Waals surface area contributed by atoms with Crippen LogP contribution in [0.25, 0.3) is 0 Å². The molecule has 22 heavy (non-hydrogen) atoms. The van der Waals surface area contributed by atoms with Crippen LogP contribution in [0, 0.1) is 11.3 Å². The minimum atomic E-state index is -0.349. The summed E-state index contributed by atoms with van der Waals surface area (Å²) in [7, 11) is 0. The molecule has 0 bridgehead atoms. The minimum absolute atomic E-state index is 0.184. The summed E-state index contributed by atoms with van der Waals surface area (Å²) in [5.74, 6) is 0.372. The summed E-state index contributed by atoms with van der Waals surface area (Å²) >= 11 is 0. The van der Waals surface area contributed by atoms with Crippen molar-refractivity contribution in [1.29, 1.82) is 5.26 Å². The Kier molecular flexibility index (Phi) is 3.78. The van der Waals surface area contributed by atoms with Crippen molar-refractivity contribution in [2.75, 3.05) is 26.2 Å². The Morgan fingerprint density at radius 1 is 1.50 bits per heavy atom. The van der Waals surface area contributed by atoms with Gasteiger partial charge in [-0.3, -0.25) is 0 Å². The number of nitrogens with one attached hydrogen (secondary N) is 1. The molecular weight excluding hydrogens is 286 g/mol. The van der Waals surface area contributed by atoms with Crippen molar-refractivity contribution in [2.24, 2.45) is 0 Å². The number of pyridine rings is 1. The third-order valence-corrected chi connectivity index (χ3v) is 3.65. The summed E-state index contributed by atoms with van der Waals surface area (Å²) < 4.78 is 5.71. The number of hydrogen-bond donors (Lipinski definition) is 1. The monoisotopic (exact) mass is 301 g/mol. The zero-order valence-electron chi connectivity index (χ0n) is 11.9. The normalized spacial score (nSPS) is 20.7. The third-order valence-electron chi connectivity index (χ3n) is 3.65. The van der Waals surface area contributed by atoms with Gasteiger partial charge in [0.25, 0.3) is 0 Å². The molecule has 0 spiro atoms. The fourth-order valence-electron chi connectivity index (χ4n) is 2.54. The minimum Gasteiger partial charge on any atom is -0.472 e. The molecule has 2 fully saturated rings. The highest BCUT2D eigenvalue weighted by atomic mass is 16.5. The highest BCUT2D eigenvalue weighted by Gasteiger charge is 2.35. The summed E-state index contributed by atoms with van der Waals surface area (Å²) in [5.41, 5.74) is 0.477. The molecule has 3 rings (SSSR count). The van der Waals surface area contributed by atoms with E-state index in [2.05, 4.69) is 10.3 Å². The summed E-state index contributed by atoms with van der Waals surface area (Å²) in [6, 6.07) is 4.55. The smallest absolute Gasteiger partial charge is 0.328 e. The number of rotatable bonds is 2. The molecule has 0 aliphatic carbocycles. The molecule has 1 atom stereocenters. The molecule has 0 saturated carbocycles. The van der Waals surface area contributed by atoms with Crippen LogP contribution >= 0.6 is 0 Å². The maximum atomic E-state index is 12.2. The van der Waals surface area contributed by atoms with Crippen molar-refractivity contribution in [3.05, 3.63) is 23.9 Å². The lowest BCUT2D eigenvalue weighted by molar-refractivity contribution is 0.160. The van der Waals surface area contributed by atoms with E-state index in [0.717, 1.165) is 0 Å². The molecule has 114 valence electrons. The molecule has 3 heterocycles. The van der Waals surface area contributed by atoms with E-state index in [4.69, 9.17) is 10.00 Å². The van der Waals surface area contributed by atoms with Crippen LogP contribution in [0.5, 0.6) is 5.88 Å². The highest BCUT2D eigenvalue weighted by molar-refractivity contribution is 5.95. The SMILES string of the molecule is N#Cc1ccnc(OC2CCN(C(=O)N3CCNC3=O)C2)c1. The maximum absolute atomic E-state index is 12.2. The highest BCUT2D eigenvalue weighted by Crippen LogP contribution is 2.19. The number of amides is 4. The predicted molar refractivity (Wildman–Crippen MR) is 75.1 cm³/mol. The van der Waals surface area contributed by atoms with Crippen LogP contribution < -0.4 is 10.1 Å². The number of carbonyl (C=O) groups excluding carboxylic acids is 2. The molecule has 2 aliphatic rings. The van der Waals surface area contributed by atoms with Crippen LogP contribution in [0.3, 0.4) is 0 Å². The average Bonchev–Trinajstić information content (AvgIpc) is 3.16. The first kappa shape index (κ1) is 14.1. The Hall–Kier alpha value is -2.82. The van der Waals surface area contributed by atoms with E-state index in [-0.39, 0.29) is 18.2 Å². The second kappa shape index (κ2) is 5.89. The molecule has 8 nitrogen and oxygen atoms in total. The summed E-state index contributed by atoms with van der Waals surface area (Å²) in [6.07, 6.45) is 2.00. The van der Waals surface area contributed by atoms with Gasteiger partial charge in [-0.25, -0.2) is 19.5 Å². The number of ether oxygens (including phenoxy) is 1. The Morgan fingerprint density at radius 2 is 2.36 bits per heavy atom. The fourth-order valence-corrected chi connectivity index (χ4v) is 2.54.